The highest BCUT2D eigenvalue weighted by Crippen LogP contribution is 2.19. The van der Waals surface area contributed by atoms with Gasteiger partial charge < -0.3 is 9.73 Å². The molecule has 0 fully saturated rings. The molecule has 0 radical (unpaired) electrons. The molecule has 0 aliphatic rings. The van der Waals surface area contributed by atoms with E-state index in [9.17, 15) is 9.18 Å². The smallest absolute Gasteiger partial charge is 0.291 e. The minimum atomic E-state index is -0.537. The van der Waals surface area contributed by atoms with Gasteiger partial charge in [0.15, 0.2) is 10.4 Å². The van der Waals surface area contributed by atoms with E-state index in [4.69, 9.17) is 9.68 Å². The Kier molecular flexibility index (Phi) is 3.44. The van der Waals surface area contributed by atoms with E-state index in [1.807, 2.05) is 0 Å². The second-order valence-corrected chi connectivity index (χ2v) is 4.14. The number of benzene rings is 1. The number of nitriles is 1. The Morgan fingerprint density at radius 2 is 2.17 bits per heavy atom. The third-order valence-electron chi connectivity index (χ3n) is 2.15. The molecule has 90 valence electrons. The minimum absolute atomic E-state index is 0.0500. The summed E-state index contributed by atoms with van der Waals surface area (Å²) in [5.41, 5.74) is 0.283. The lowest BCUT2D eigenvalue weighted by atomic mass is 10.2. The van der Waals surface area contributed by atoms with E-state index in [1.165, 1.54) is 12.1 Å². The van der Waals surface area contributed by atoms with E-state index >= 15 is 0 Å². The van der Waals surface area contributed by atoms with Crippen molar-refractivity contribution in [3.63, 3.8) is 0 Å². The van der Waals surface area contributed by atoms with Crippen molar-refractivity contribution in [3.05, 3.63) is 52.1 Å². The Morgan fingerprint density at radius 3 is 2.78 bits per heavy atom. The highest BCUT2D eigenvalue weighted by molar-refractivity contribution is 9.10. The number of hydrogen-bond donors (Lipinski definition) is 1. The van der Waals surface area contributed by atoms with Crippen LogP contribution in [0, 0.1) is 17.1 Å². The zero-order valence-corrected chi connectivity index (χ0v) is 10.5. The van der Waals surface area contributed by atoms with Gasteiger partial charge in [-0.1, -0.05) is 0 Å². The number of carbonyl (C=O) groups excluding carboxylic acids is 1. The molecule has 2 rings (SSSR count). The molecule has 0 bridgehead atoms. The summed E-state index contributed by atoms with van der Waals surface area (Å²) in [6, 6.07) is 8.39. The summed E-state index contributed by atoms with van der Waals surface area (Å²) in [6.45, 7) is 0. The van der Waals surface area contributed by atoms with Crippen molar-refractivity contribution in [2.75, 3.05) is 5.32 Å². The molecule has 4 nitrogen and oxygen atoms in total. The molecule has 1 aromatic carbocycles. The molecule has 0 atom stereocenters. The second-order valence-electron chi connectivity index (χ2n) is 3.36. The molecule has 0 saturated carbocycles. The number of amides is 1. The van der Waals surface area contributed by atoms with E-state index in [0.29, 0.717) is 4.67 Å². The lowest BCUT2D eigenvalue weighted by molar-refractivity contribution is 0.0995. The van der Waals surface area contributed by atoms with Gasteiger partial charge in [-0.2, -0.15) is 5.26 Å². The van der Waals surface area contributed by atoms with Gasteiger partial charge in [-0.05, 0) is 46.3 Å². The largest absolute Gasteiger partial charge is 0.444 e. The monoisotopic (exact) mass is 308 g/mol. The molecule has 0 saturated heterocycles. The Morgan fingerprint density at radius 1 is 1.39 bits per heavy atom. The Bertz CT molecular complexity index is 646. The van der Waals surface area contributed by atoms with Crippen LogP contribution < -0.4 is 5.32 Å². The van der Waals surface area contributed by atoms with Crippen LogP contribution in [0.3, 0.4) is 0 Å². The molecule has 1 heterocycles. The first-order chi connectivity index (χ1) is 8.60. The van der Waals surface area contributed by atoms with E-state index in [-0.39, 0.29) is 17.0 Å². The van der Waals surface area contributed by atoms with Gasteiger partial charge in [-0.25, -0.2) is 4.39 Å². The number of furan rings is 1. The van der Waals surface area contributed by atoms with Crippen molar-refractivity contribution in [2.24, 2.45) is 0 Å². The van der Waals surface area contributed by atoms with Gasteiger partial charge in [-0.15, -0.1) is 0 Å². The number of rotatable bonds is 2. The maximum atomic E-state index is 12.9. The third kappa shape index (κ3) is 2.57. The zero-order chi connectivity index (χ0) is 13.1. The molecule has 6 heteroatoms. The molecule has 18 heavy (non-hydrogen) atoms. The SMILES string of the molecule is N#Cc1cc(F)ccc1NC(=O)c1ccc(Br)o1. The van der Waals surface area contributed by atoms with Crippen molar-refractivity contribution in [3.8, 4) is 6.07 Å². The van der Waals surface area contributed by atoms with Gasteiger partial charge in [0.1, 0.15) is 11.9 Å². The van der Waals surface area contributed by atoms with E-state index in [0.717, 1.165) is 12.1 Å². The fraction of sp³-hybridized carbons (Fsp3) is 0. The lowest BCUT2D eigenvalue weighted by Crippen LogP contribution is -2.12. The number of nitrogens with one attached hydrogen (secondary N) is 1. The van der Waals surface area contributed by atoms with Crippen LogP contribution in [-0.4, -0.2) is 5.91 Å². The molecule has 2 aromatic rings. The average Bonchev–Trinajstić information content (AvgIpc) is 2.78. The maximum Gasteiger partial charge on any atom is 0.291 e. The van der Waals surface area contributed by atoms with Crippen molar-refractivity contribution in [1.82, 2.24) is 0 Å². The van der Waals surface area contributed by atoms with E-state index < -0.39 is 11.7 Å². The minimum Gasteiger partial charge on any atom is -0.444 e. The molecule has 0 aliphatic heterocycles. The number of hydrogen-bond acceptors (Lipinski definition) is 3. The number of anilines is 1. The van der Waals surface area contributed by atoms with Crippen LogP contribution in [0.25, 0.3) is 0 Å². The Labute approximate surface area is 110 Å². The summed E-state index contributed by atoms with van der Waals surface area (Å²) in [5.74, 6) is -0.954. The standard InChI is InChI=1S/C12H6BrFN2O2/c13-11-4-3-10(18-11)12(17)16-9-2-1-8(14)5-7(9)6-15/h1-5H,(H,16,17). The topological polar surface area (TPSA) is 66.0 Å². The molecule has 0 aliphatic carbocycles. The molecular weight excluding hydrogens is 303 g/mol. The lowest BCUT2D eigenvalue weighted by Gasteiger charge is -2.05. The normalized spacial score (nSPS) is 9.83. The summed E-state index contributed by atoms with van der Waals surface area (Å²) >= 11 is 3.07. The summed E-state index contributed by atoms with van der Waals surface area (Å²) in [6.07, 6.45) is 0. The first-order valence-corrected chi connectivity index (χ1v) is 5.66. The van der Waals surface area contributed by atoms with Gasteiger partial charge in [0.05, 0.1) is 11.3 Å². The highest BCUT2D eigenvalue weighted by Gasteiger charge is 2.13. The van der Waals surface area contributed by atoms with Crippen LogP contribution in [0.2, 0.25) is 0 Å². The number of nitrogens with zero attached hydrogens (tertiary/aromatic N) is 1. The molecular formula is C12H6BrFN2O2. The molecule has 0 spiro atoms. The Balaban J connectivity index is 2.25. The van der Waals surface area contributed by atoms with E-state index in [2.05, 4.69) is 21.2 Å². The predicted molar refractivity (Wildman–Crippen MR) is 65.5 cm³/mol. The first-order valence-electron chi connectivity index (χ1n) is 4.86. The van der Waals surface area contributed by atoms with Crippen molar-refractivity contribution < 1.29 is 13.6 Å². The second kappa shape index (κ2) is 5.02. The van der Waals surface area contributed by atoms with Gasteiger partial charge in [0.25, 0.3) is 5.91 Å². The van der Waals surface area contributed by atoms with Crippen LogP contribution >= 0.6 is 15.9 Å². The van der Waals surface area contributed by atoms with Gasteiger partial charge in [0.2, 0.25) is 0 Å². The molecule has 1 N–H and O–H groups in total. The van der Waals surface area contributed by atoms with E-state index in [1.54, 1.807) is 12.1 Å². The van der Waals surface area contributed by atoms with Gasteiger partial charge >= 0.3 is 0 Å². The van der Waals surface area contributed by atoms with Crippen molar-refractivity contribution in [2.45, 2.75) is 0 Å². The number of carbonyl (C=O) groups is 1. The van der Waals surface area contributed by atoms with Crippen LogP contribution in [0.5, 0.6) is 0 Å². The van der Waals surface area contributed by atoms with Crippen molar-refractivity contribution in [1.29, 1.82) is 5.26 Å². The van der Waals surface area contributed by atoms with Gasteiger partial charge in [-0.3, -0.25) is 4.79 Å². The van der Waals surface area contributed by atoms with Crippen LogP contribution in [0.4, 0.5) is 10.1 Å². The molecule has 1 amide bonds. The summed E-state index contributed by atoms with van der Waals surface area (Å²) in [4.78, 5) is 11.8. The zero-order valence-electron chi connectivity index (χ0n) is 8.91. The Hall–Kier alpha value is -2.13. The fourth-order valence-corrected chi connectivity index (χ4v) is 1.64. The first kappa shape index (κ1) is 12.3. The fourth-order valence-electron chi connectivity index (χ4n) is 1.34. The summed E-state index contributed by atoms with van der Waals surface area (Å²) < 4.78 is 18.4. The quantitative estimate of drug-likeness (QED) is 0.925. The highest BCUT2D eigenvalue weighted by atomic mass is 79.9. The average molecular weight is 309 g/mol. The predicted octanol–water partition coefficient (Wildman–Crippen LogP) is 3.31. The van der Waals surface area contributed by atoms with Crippen LogP contribution in [0.15, 0.2) is 39.4 Å². The molecule has 1 aromatic heterocycles. The van der Waals surface area contributed by atoms with Crippen LogP contribution in [0.1, 0.15) is 16.1 Å². The third-order valence-corrected chi connectivity index (χ3v) is 2.57. The molecule has 0 unspecified atom stereocenters. The van der Waals surface area contributed by atoms with Gasteiger partial charge in [0, 0.05) is 0 Å². The number of halogens is 2. The summed E-state index contributed by atoms with van der Waals surface area (Å²) in [7, 11) is 0. The van der Waals surface area contributed by atoms with Crippen LogP contribution in [-0.2, 0) is 0 Å². The summed E-state index contributed by atoms with van der Waals surface area (Å²) in [5, 5.41) is 11.3. The maximum absolute atomic E-state index is 12.9. The van der Waals surface area contributed by atoms with Crippen molar-refractivity contribution >= 4 is 27.5 Å².